The Morgan fingerprint density at radius 3 is 1.97 bits per heavy atom. The normalized spacial score (nSPS) is 13.6. The summed E-state index contributed by atoms with van der Waals surface area (Å²) in [6, 6.07) is 42.7. The number of hydrogen-bond acceptors (Lipinski definition) is 0. The molecule has 0 N–H and O–H groups in total. The second kappa shape index (κ2) is 7.67. The predicted molar refractivity (Wildman–Crippen MR) is 155 cm³/mol. The lowest BCUT2D eigenvalue weighted by molar-refractivity contribution is 0.660. The third-order valence-electron chi connectivity index (χ3n) is 8.09. The highest BCUT2D eigenvalue weighted by molar-refractivity contribution is 6.09. The zero-order chi connectivity index (χ0) is 24.4. The molecule has 0 heteroatoms. The van der Waals surface area contributed by atoms with Gasteiger partial charge in [0, 0.05) is 5.41 Å². The fourth-order valence-electron chi connectivity index (χ4n) is 6.16. The van der Waals surface area contributed by atoms with Crippen molar-refractivity contribution in [1.82, 2.24) is 0 Å². The predicted octanol–water partition coefficient (Wildman–Crippen LogP) is 9.94. The fourth-order valence-corrected chi connectivity index (χ4v) is 6.16. The first kappa shape index (κ1) is 21.1. The van der Waals surface area contributed by atoms with E-state index in [1.807, 2.05) is 0 Å². The van der Waals surface area contributed by atoms with Crippen LogP contribution >= 0.6 is 0 Å². The molecule has 172 valence electrons. The van der Waals surface area contributed by atoms with E-state index in [-0.39, 0.29) is 5.41 Å². The third kappa shape index (κ3) is 3.08. The molecular weight excluding hydrogens is 432 g/mol. The molecular formula is C36H28. The van der Waals surface area contributed by atoms with E-state index in [0.29, 0.717) is 0 Å². The molecule has 0 fully saturated rings. The van der Waals surface area contributed by atoms with Gasteiger partial charge in [-0.2, -0.15) is 0 Å². The minimum Gasteiger partial charge on any atom is -0.0622 e. The van der Waals surface area contributed by atoms with E-state index >= 15 is 0 Å². The SMILES string of the molecule is Cc1ccc2c(c1)C(C)(C)c1cc(-c3ccc4ccc(-c5ccccc5)cc4c3)c3ccccc3c1-2. The largest absolute Gasteiger partial charge is 0.0622 e. The third-order valence-corrected chi connectivity index (χ3v) is 8.09. The molecule has 0 saturated carbocycles. The number of aryl methyl sites for hydroxylation is 1. The summed E-state index contributed by atoms with van der Waals surface area (Å²) in [7, 11) is 0. The van der Waals surface area contributed by atoms with Crippen LogP contribution in [0.4, 0.5) is 0 Å². The van der Waals surface area contributed by atoms with Gasteiger partial charge in [-0.15, -0.1) is 0 Å². The second-order valence-electron chi connectivity index (χ2n) is 10.7. The van der Waals surface area contributed by atoms with E-state index in [2.05, 4.69) is 136 Å². The first-order valence-electron chi connectivity index (χ1n) is 12.8. The van der Waals surface area contributed by atoms with Crippen molar-refractivity contribution in [3.8, 4) is 33.4 Å². The van der Waals surface area contributed by atoms with Gasteiger partial charge in [0.15, 0.2) is 0 Å². The molecule has 1 aliphatic carbocycles. The Bertz CT molecular complexity index is 1800. The first-order chi connectivity index (χ1) is 17.5. The molecule has 0 spiro atoms. The van der Waals surface area contributed by atoms with Crippen molar-refractivity contribution < 1.29 is 0 Å². The smallest absolute Gasteiger partial charge is 0.0159 e. The highest BCUT2D eigenvalue weighted by atomic mass is 14.4. The standard InChI is InChI=1S/C36H28/c1-23-13-18-31-33(19-23)36(2,3)34-22-32(29-11-7-8-12-30(29)35(31)34)27-17-15-25-14-16-26(20-28(25)21-27)24-9-5-4-6-10-24/h4-22H,1-3H3. The van der Waals surface area contributed by atoms with E-state index in [4.69, 9.17) is 0 Å². The van der Waals surface area contributed by atoms with E-state index in [9.17, 15) is 0 Å². The van der Waals surface area contributed by atoms with Crippen LogP contribution in [0.3, 0.4) is 0 Å². The van der Waals surface area contributed by atoms with Gasteiger partial charge in [-0.25, -0.2) is 0 Å². The van der Waals surface area contributed by atoms with E-state index in [1.165, 1.54) is 71.6 Å². The molecule has 0 saturated heterocycles. The second-order valence-corrected chi connectivity index (χ2v) is 10.7. The van der Waals surface area contributed by atoms with Crippen LogP contribution in [0.15, 0.2) is 115 Å². The molecule has 1 aliphatic rings. The maximum atomic E-state index is 2.47. The van der Waals surface area contributed by atoms with Crippen LogP contribution in [-0.4, -0.2) is 0 Å². The summed E-state index contributed by atoms with van der Waals surface area (Å²) in [5.74, 6) is 0. The van der Waals surface area contributed by atoms with Crippen LogP contribution in [0, 0.1) is 6.92 Å². The quantitative estimate of drug-likeness (QED) is 0.241. The lowest BCUT2D eigenvalue weighted by Crippen LogP contribution is -2.15. The Kier molecular flexibility index (Phi) is 4.51. The Balaban J connectivity index is 1.48. The molecule has 6 aromatic carbocycles. The van der Waals surface area contributed by atoms with Gasteiger partial charge in [0.05, 0.1) is 0 Å². The van der Waals surface area contributed by atoms with Gasteiger partial charge in [-0.3, -0.25) is 0 Å². The molecule has 0 unspecified atom stereocenters. The fraction of sp³-hybridized carbons (Fsp3) is 0.111. The Hall–Kier alpha value is -4.16. The molecule has 36 heavy (non-hydrogen) atoms. The van der Waals surface area contributed by atoms with Crippen LogP contribution < -0.4 is 0 Å². The molecule has 0 nitrogen and oxygen atoms in total. The Morgan fingerprint density at radius 2 is 1.17 bits per heavy atom. The van der Waals surface area contributed by atoms with Crippen molar-refractivity contribution in [1.29, 1.82) is 0 Å². The van der Waals surface area contributed by atoms with Crippen molar-refractivity contribution in [3.05, 3.63) is 132 Å². The average molecular weight is 461 g/mol. The Morgan fingerprint density at radius 1 is 0.472 bits per heavy atom. The van der Waals surface area contributed by atoms with Crippen molar-refractivity contribution >= 4 is 21.5 Å². The van der Waals surface area contributed by atoms with Gasteiger partial charge in [-0.05, 0) is 91.2 Å². The molecule has 0 radical (unpaired) electrons. The van der Waals surface area contributed by atoms with E-state index < -0.39 is 0 Å². The highest BCUT2D eigenvalue weighted by Crippen LogP contribution is 2.53. The summed E-state index contributed by atoms with van der Waals surface area (Å²) in [4.78, 5) is 0. The molecule has 6 aromatic rings. The zero-order valence-electron chi connectivity index (χ0n) is 21.0. The van der Waals surface area contributed by atoms with Crippen molar-refractivity contribution in [2.24, 2.45) is 0 Å². The number of benzene rings is 6. The van der Waals surface area contributed by atoms with Gasteiger partial charge in [0.25, 0.3) is 0 Å². The maximum absolute atomic E-state index is 2.47. The summed E-state index contributed by atoms with van der Waals surface area (Å²) in [6.07, 6.45) is 0. The molecule has 0 bridgehead atoms. The van der Waals surface area contributed by atoms with Gasteiger partial charge in [-0.1, -0.05) is 116 Å². The summed E-state index contributed by atoms with van der Waals surface area (Å²) in [6.45, 7) is 6.95. The van der Waals surface area contributed by atoms with Crippen LogP contribution in [0.5, 0.6) is 0 Å². The van der Waals surface area contributed by atoms with Gasteiger partial charge < -0.3 is 0 Å². The van der Waals surface area contributed by atoms with Crippen molar-refractivity contribution in [3.63, 3.8) is 0 Å². The Labute approximate surface area is 212 Å². The molecule has 0 heterocycles. The van der Waals surface area contributed by atoms with Gasteiger partial charge >= 0.3 is 0 Å². The highest BCUT2D eigenvalue weighted by Gasteiger charge is 2.37. The minimum absolute atomic E-state index is 0.0349. The maximum Gasteiger partial charge on any atom is 0.0159 e. The lowest BCUT2D eigenvalue weighted by Gasteiger charge is -2.23. The number of hydrogen-bond donors (Lipinski definition) is 0. The molecule has 0 aromatic heterocycles. The monoisotopic (exact) mass is 460 g/mol. The van der Waals surface area contributed by atoms with E-state index in [0.717, 1.165) is 0 Å². The summed E-state index contributed by atoms with van der Waals surface area (Å²) >= 11 is 0. The number of fused-ring (bicyclic) bond motifs is 6. The zero-order valence-corrected chi connectivity index (χ0v) is 21.0. The first-order valence-corrected chi connectivity index (χ1v) is 12.8. The topological polar surface area (TPSA) is 0 Å². The molecule has 0 atom stereocenters. The summed E-state index contributed by atoms with van der Waals surface area (Å²) < 4.78 is 0. The van der Waals surface area contributed by atoms with Crippen molar-refractivity contribution in [2.75, 3.05) is 0 Å². The van der Waals surface area contributed by atoms with Gasteiger partial charge in [0.1, 0.15) is 0 Å². The summed E-state index contributed by atoms with van der Waals surface area (Å²) in [5, 5.41) is 5.21. The van der Waals surface area contributed by atoms with Crippen LogP contribution in [0.2, 0.25) is 0 Å². The summed E-state index contributed by atoms with van der Waals surface area (Å²) in [5.41, 5.74) is 12.0. The van der Waals surface area contributed by atoms with Crippen LogP contribution in [0.1, 0.15) is 30.5 Å². The van der Waals surface area contributed by atoms with Crippen LogP contribution in [0.25, 0.3) is 54.9 Å². The van der Waals surface area contributed by atoms with Crippen LogP contribution in [-0.2, 0) is 5.41 Å². The average Bonchev–Trinajstić information content (AvgIpc) is 3.14. The molecule has 0 amide bonds. The molecule has 7 rings (SSSR count). The van der Waals surface area contributed by atoms with Crippen molar-refractivity contribution in [2.45, 2.75) is 26.2 Å². The van der Waals surface area contributed by atoms with E-state index in [1.54, 1.807) is 0 Å². The lowest BCUT2D eigenvalue weighted by atomic mass is 9.80. The molecule has 0 aliphatic heterocycles. The number of rotatable bonds is 2. The minimum atomic E-state index is -0.0349. The van der Waals surface area contributed by atoms with Gasteiger partial charge in [0.2, 0.25) is 0 Å².